The molecule has 0 saturated heterocycles. The molecule has 1 aliphatic heterocycles. The van der Waals surface area contributed by atoms with Gasteiger partial charge in [-0.3, -0.25) is 4.79 Å². The Morgan fingerprint density at radius 1 is 1.16 bits per heavy atom. The Morgan fingerprint density at radius 2 is 1.89 bits per heavy atom. The average molecular weight is 256 g/mol. The number of fused-ring (bicyclic) bond motifs is 1. The van der Waals surface area contributed by atoms with E-state index in [1.807, 2.05) is 30.3 Å². The summed E-state index contributed by atoms with van der Waals surface area (Å²) in [5, 5.41) is 3.10. The van der Waals surface area contributed by atoms with Gasteiger partial charge in [-0.1, -0.05) is 30.3 Å². The summed E-state index contributed by atoms with van der Waals surface area (Å²) in [6.45, 7) is 0. The predicted molar refractivity (Wildman–Crippen MR) is 72.6 cm³/mol. The summed E-state index contributed by atoms with van der Waals surface area (Å²) in [5.41, 5.74) is 2.20. The summed E-state index contributed by atoms with van der Waals surface area (Å²) in [7, 11) is 1.70. The molecule has 3 nitrogen and oxygen atoms in total. The molecule has 1 unspecified atom stereocenters. The van der Waals surface area contributed by atoms with E-state index >= 15 is 0 Å². The van der Waals surface area contributed by atoms with E-state index in [9.17, 15) is 9.18 Å². The summed E-state index contributed by atoms with van der Waals surface area (Å²) in [6, 6.07) is 13.3. The number of rotatable bonds is 1. The van der Waals surface area contributed by atoms with Gasteiger partial charge in [0.15, 0.2) is 0 Å². The van der Waals surface area contributed by atoms with Crippen LogP contribution in [0.15, 0.2) is 48.5 Å². The highest BCUT2D eigenvalue weighted by molar-refractivity contribution is 6.04. The van der Waals surface area contributed by atoms with Crippen LogP contribution in [0.25, 0.3) is 0 Å². The van der Waals surface area contributed by atoms with Crippen molar-refractivity contribution in [1.29, 1.82) is 0 Å². The van der Waals surface area contributed by atoms with Gasteiger partial charge in [0, 0.05) is 7.05 Å². The molecule has 0 radical (unpaired) electrons. The van der Waals surface area contributed by atoms with E-state index in [0.717, 1.165) is 5.56 Å². The minimum Gasteiger partial charge on any atom is -0.368 e. The van der Waals surface area contributed by atoms with Gasteiger partial charge >= 0.3 is 0 Å². The number of hydrogen-bond donors (Lipinski definition) is 1. The first-order valence-electron chi connectivity index (χ1n) is 6.05. The summed E-state index contributed by atoms with van der Waals surface area (Å²) >= 11 is 0. The smallest absolute Gasteiger partial charge is 0.253 e. The van der Waals surface area contributed by atoms with Gasteiger partial charge in [-0.2, -0.15) is 0 Å². The Morgan fingerprint density at radius 3 is 2.63 bits per heavy atom. The van der Waals surface area contributed by atoms with E-state index in [2.05, 4.69) is 5.32 Å². The third-order valence-electron chi connectivity index (χ3n) is 3.33. The molecule has 1 amide bonds. The molecule has 19 heavy (non-hydrogen) atoms. The fourth-order valence-corrected chi connectivity index (χ4v) is 2.32. The highest BCUT2D eigenvalue weighted by Crippen LogP contribution is 2.35. The lowest BCUT2D eigenvalue weighted by Gasteiger charge is -2.33. The highest BCUT2D eigenvalue weighted by atomic mass is 19.1. The second kappa shape index (κ2) is 4.39. The van der Waals surface area contributed by atoms with Gasteiger partial charge in [0.2, 0.25) is 0 Å². The monoisotopic (exact) mass is 256 g/mol. The molecule has 0 aromatic heterocycles. The quantitative estimate of drug-likeness (QED) is 0.850. The number of amides is 1. The second-order valence-corrected chi connectivity index (χ2v) is 4.55. The zero-order valence-electron chi connectivity index (χ0n) is 10.4. The van der Waals surface area contributed by atoms with Gasteiger partial charge in [-0.15, -0.1) is 0 Å². The Hall–Kier alpha value is -2.36. The molecule has 0 bridgehead atoms. The lowest BCUT2D eigenvalue weighted by Crippen LogP contribution is -2.39. The molecule has 0 saturated carbocycles. The number of benzene rings is 2. The molecule has 4 heteroatoms. The minimum atomic E-state index is -0.472. The molecule has 1 heterocycles. The normalized spacial score (nSPS) is 17.9. The van der Waals surface area contributed by atoms with Gasteiger partial charge in [0.25, 0.3) is 5.91 Å². The fourth-order valence-electron chi connectivity index (χ4n) is 2.32. The standard InChI is InChI=1S/C15H13FN2O/c1-18-13-8-7-11(16)9-12(13)17-14(15(18)19)10-5-3-2-4-6-10/h2-9,14,17H,1H3. The first kappa shape index (κ1) is 11.7. The number of likely N-dealkylation sites (N-methyl/N-ethyl adjacent to an activating group) is 1. The summed E-state index contributed by atoms with van der Waals surface area (Å²) in [5.74, 6) is -0.369. The topological polar surface area (TPSA) is 32.3 Å². The maximum atomic E-state index is 13.3. The van der Waals surface area contributed by atoms with Crippen LogP contribution in [-0.2, 0) is 4.79 Å². The number of anilines is 2. The van der Waals surface area contributed by atoms with Crippen molar-refractivity contribution < 1.29 is 9.18 Å². The minimum absolute atomic E-state index is 0.0506. The van der Waals surface area contributed by atoms with Gasteiger partial charge < -0.3 is 10.2 Å². The molecule has 0 spiro atoms. The highest BCUT2D eigenvalue weighted by Gasteiger charge is 2.31. The van der Waals surface area contributed by atoms with Crippen molar-refractivity contribution in [3.8, 4) is 0 Å². The van der Waals surface area contributed by atoms with Crippen molar-refractivity contribution in [2.24, 2.45) is 0 Å². The van der Waals surface area contributed by atoms with Crippen molar-refractivity contribution in [2.45, 2.75) is 6.04 Å². The van der Waals surface area contributed by atoms with Gasteiger partial charge in [-0.25, -0.2) is 4.39 Å². The predicted octanol–water partition coefficient (Wildman–Crippen LogP) is 2.96. The van der Waals surface area contributed by atoms with Crippen molar-refractivity contribution in [1.82, 2.24) is 0 Å². The van der Waals surface area contributed by atoms with E-state index in [-0.39, 0.29) is 11.7 Å². The number of nitrogens with zero attached hydrogens (tertiary/aromatic N) is 1. The summed E-state index contributed by atoms with van der Waals surface area (Å²) in [6.07, 6.45) is 0. The number of nitrogens with one attached hydrogen (secondary N) is 1. The molecule has 1 N–H and O–H groups in total. The Kier molecular flexibility index (Phi) is 2.71. The molecule has 1 atom stereocenters. The average Bonchev–Trinajstić information content (AvgIpc) is 2.43. The molecule has 3 rings (SSSR count). The SMILES string of the molecule is CN1C(=O)C(c2ccccc2)Nc2cc(F)ccc21. The Bertz CT molecular complexity index is 627. The lowest BCUT2D eigenvalue weighted by molar-refractivity contribution is -0.119. The van der Waals surface area contributed by atoms with Crippen LogP contribution in [0.5, 0.6) is 0 Å². The zero-order valence-corrected chi connectivity index (χ0v) is 10.4. The van der Waals surface area contributed by atoms with Crippen LogP contribution < -0.4 is 10.2 Å². The third kappa shape index (κ3) is 1.95. The van der Waals surface area contributed by atoms with E-state index in [1.165, 1.54) is 12.1 Å². The number of carbonyl (C=O) groups excluding carboxylic acids is 1. The number of halogens is 1. The van der Waals surface area contributed by atoms with Crippen LogP contribution >= 0.6 is 0 Å². The second-order valence-electron chi connectivity index (χ2n) is 4.55. The van der Waals surface area contributed by atoms with Crippen molar-refractivity contribution >= 4 is 17.3 Å². The van der Waals surface area contributed by atoms with Crippen molar-refractivity contribution in [3.63, 3.8) is 0 Å². The van der Waals surface area contributed by atoms with E-state index in [4.69, 9.17) is 0 Å². The van der Waals surface area contributed by atoms with Gasteiger partial charge in [0.05, 0.1) is 11.4 Å². The zero-order chi connectivity index (χ0) is 13.4. The lowest BCUT2D eigenvalue weighted by atomic mass is 10.0. The van der Waals surface area contributed by atoms with E-state index in [1.54, 1.807) is 18.0 Å². The summed E-state index contributed by atoms with van der Waals surface area (Å²) in [4.78, 5) is 13.9. The molecule has 96 valence electrons. The largest absolute Gasteiger partial charge is 0.368 e. The molecule has 1 aliphatic rings. The first-order valence-corrected chi connectivity index (χ1v) is 6.05. The number of carbonyl (C=O) groups is 1. The van der Waals surface area contributed by atoms with Crippen molar-refractivity contribution in [2.75, 3.05) is 17.3 Å². The molecule has 2 aromatic rings. The van der Waals surface area contributed by atoms with Crippen LogP contribution in [0.3, 0.4) is 0 Å². The molecular weight excluding hydrogens is 243 g/mol. The van der Waals surface area contributed by atoms with Crippen LogP contribution in [0.2, 0.25) is 0 Å². The number of hydrogen-bond acceptors (Lipinski definition) is 2. The van der Waals surface area contributed by atoms with Crippen molar-refractivity contribution in [3.05, 3.63) is 59.9 Å². The van der Waals surface area contributed by atoms with Crippen LogP contribution in [0, 0.1) is 5.82 Å². The molecular formula is C15H13FN2O. The van der Waals surface area contributed by atoms with Gasteiger partial charge in [0.1, 0.15) is 11.9 Å². The van der Waals surface area contributed by atoms with Gasteiger partial charge in [-0.05, 0) is 23.8 Å². The van der Waals surface area contributed by atoms with Crippen LogP contribution in [0.4, 0.5) is 15.8 Å². The first-order chi connectivity index (χ1) is 9.16. The molecule has 0 aliphatic carbocycles. The van der Waals surface area contributed by atoms with Crippen LogP contribution in [0.1, 0.15) is 11.6 Å². The van der Waals surface area contributed by atoms with E-state index in [0.29, 0.717) is 11.4 Å². The maximum Gasteiger partial charge on any atom is 0.253 e. The van der Waals surface area contributed by atoms with Crippen LogP contribution in [-0.4, -0.2) is 13.0 Å². The third-order valence-corrected chi connectivity index (χ3v) is 3.33. The fraction of sp³-hybridized carbons (Fsp3) is 0.133. The maximum absolute atomic E-state index is 13.3. The Balaban J connectivity index is 2.05. The summed E-state index contributed by atoms with van der Waals surface area (Å²) < 4.78 is 13.3. The van der Waals surface area contributed by atoms with E-state index < -0.39 is 6.04 Å². The molecule has 0 fully saturated rings. The molecule has 2 aromatic carbocycles. The Labute approximate surface area is 110 Å².